The van der Waals surface area contributed by atoms with Gasteiger partial charge in [-0.2, -0.15) is 5.10 Å². The molecular weight excluding hydrogens is 312 g/mol. The molecule has 118 valence electrons. The van der Waals surface area contributed by atoms with E-state index in [-0.39, 0.29) is 11.9 Å². The molecule has 1 amide bonds. The number of para-hydroxylation sites is 1. The molecule has 6 heteroatoms. The van der Waals surface area contributed by atoms with Gasteiger partial charge in [-0.3, -0.25) is 4.79 Å². The predicted molar refractivity (Wildman–Crippen MR) is 92.1 cm³/mol. The monoisotopic (exact) mass is 328 g/mol. The maximum atomic E-state index is 12.5. The van der Waals surface area contributed by atoms with Gasteiger partial charge in [-0.05, 0) is 39.0 Å². The molecule has 1 N–H and O–H groups in total. The van der Waals surface area contributed by atoms with Crippen molar-refractivity contribution >= 4 is 34.2 Å². The summed E-state index contributed by atoms with van der Waals surface area (Å²) in [5, 5.41) is 8.50. The molecule has 0 aliphatic rings. The van der Waals surface area contributed by atoms with E-state index in [0.29, 0.717) is 22.0 Å². The molecule has 0 bridgehead atoms. The Morgan fingerprint density at radius 3 is 2.74 bits per heavy atom. The summed E-state index contributed by atoms with van der Waals surface area (Å²) in [5.41, 5.74) is 2.54. The summed E-state index contributed by atoms with van der Waals surface area (Å²) < 4.78 is 1.85. The molecule has 0 saturated carbocycles. The highest BCUT2D eigenvalue weighted by atomic mass is 35.5. The molecule has 1 aromatic carbocycles. The van der Waals surface area contributed by atoms with Crippen LogP contribution in [-0.4, -0.2) is 20.7 Å². The molecule has 3 aromatic rings. The first-order valence-corrected chi connectivity index (χ1v) is 7.76. The highest BCUT2D eigenvalue weighted by Crippen LogP contribution is 2.23. The van der Waals surface area contributed by atoms with Crippen molar-refractivity contribution in [2.45, 2.75) is 26.8 Å². The fraction of sp³-hybridized carbons (Fsp3) is 0.235. The molecular formula is C17H17ClN4O. The highest BCUT2D eigenvalue weighted by molar-refractivity contribution is 6.33. The van der Waals surface area contributed by atoms with Crippen molar-refractivity contribution in [1.82, 2.24) is 14.8 Å². The molecule has 0 aliphatic heterocycles. The molecule has 23 heavy (non-hydrogen) atoms. The molecule has 2 aromatic heterocycles. The van der Waals surface area contributed by atoms with Crippen LogP contribution in [0.2, 0.25) is 5.02 Å². The van der Waals surface area contributed by atoms with Crippen LogP contribution in [0.4, 0.5) is 5.69 Å². The number of nitrogens with zero attached hydrogens (tertiary/aromatic N) is 3. The number of carbonyl (C=O) groups excluding carboxylic acids is 1. The van der Waals surface area contributed by atoms with Crippen molar-refractivity contribution in [2.75, 3.05) is 5.32 Å². The fourth-order valence-corrected chi connectivity index (χ4v) is 2.61. The van der Waals surface area contributed by atoms with Gasteiger partial charge in [0.2, 0.25) is 0 Å². The first-order chi connectivity index (χ1) is 11.0. The number of amides is 1. The average Bonchev–Trinajstić information content (AvgIpc) is 2.91. The molecule has 2 heterocycles. The first kappa shape index (κ1) is 15.5. The van der Waals surface area contributed by atoms with Crippen molar-refractivity contribution in [3.8, 4) is 0 Å². The molecule has 0 saturated heterocycles. The van der Waals surface area contributed by atoms with Gasteiger partial charge >= 0.3 is 0 Å². The van der Waals surface area contributed by atoms with E-state index < -0.39 is 0 Å². The van der Waals surface area contributed by atoms with Crippen molar-refractivity contribution in [2.24, 2.45) is 0 Å². The van der Waals surface area contributed by atoms with Gasteiger partial charge in [-0.1, -0.05) is 23.7 Å². The van der Waals surface area contributed by atoms with E-state index in [4.69, 9.17) is 11.6 Å². The van der Waals surface area contributed by atoms with Crippen LogP contribution in [0.1, 0.15) is 35.9 Å². The predicted octanol–water partition coefficient (Wildman–Crippen LogP) is 4.23. The number of hydrogen-bond acceptors (Lipinski definition) is 3. The standard InChI is InChI=1S/C17H17ClN4O/c1-10(2)22-16-12(9-19-22)8-13(11(3)20-16)17(23)21-15-7-5-4-6-14(15)18/h4-10H,1-3H3,(H,21,23). The number of anilines is 1. The molecule has 5 nitrogen and oxygen atoms in total. The lowest BCUT2D eigenvalue weighted by atomic mass is 10.1. The second-order valence-electron chi connectivity index (χ2n) is 5.65. The Labute approximate surface area is 139 Å². The second kappa shape index (κ2) is 6.01. The smallest absolute Gasteiger partial charge is 0.257 e. The summed E-state index contributed by atoms with van der Waals surface area (Å²) in [5.74, 6) is -0.234. The van der Waals surface area contributed by atoms with Crippen LogP contribution >= 0.6 is 11.6 Å². The van der Waals surface area contributed by atoms with Crippen LogP contribution in [0.5, 0.6) is 0 Å². The maximum absolute atomic E-state index is 12.5. The summed E-state index contributed by atoms with van der Waals surface area (Å²) >= 11 is 6.09. The van der Waals surface area contributed by atoms with Crippen LogP contribution in [0.25, 0.3) is 11.0 Å². The van der Waals surface area contributed by atoms with Crippen LogP contribution in [0, 0.1) is 6.92 Å². The van der Waals surface area contributed by atoms with Gasteiger partial charge in [-0.15, -0.1) is 0 Å². The van der Waals surface area contributed by atoms with Gasteiger partial charge in [0.25, 0.3) is 5.91 Å². The minimum Gasteiger partial charge on any atom is -0.321 e. The zero-order valence-corrected chi connectivity index (χ0v) is 13.9. The topological polar surface area (TPSA) is 59.8 Å². The number of rotatable bonds is 3. The number of aromatic nitrogens is 3. The van der Waals surface area contributed by atoms with Gasteiger partial charge in [0.05, 0.1) is 28.2 Å². The molecule has 0 unspecified atom stereocenters. The van der Waals surface area contributed by atoms with E-state index in [1.165, 1.54) is 0 Å². The maximum Gasteiger partial charge on any atom is 0.257 e. The summed E-state index contributed by atoms with van der Waals surface area (Å²) in [7, 11) is 0. The van der Waals surface area contributed by atoms with E-state index in [0.717, 1.165) is 11.0 Å². The van der Waals surface area contributed by atoms with Crippen molar-refractivity contribution < 1.29 is 4.79 Å². The van der Waals surface area contributed by atoms with E-state index in [9.17, 15) is 4.79 Å². The van der Waals surface area contributed by atoms with E-state index in [1.807, 2.05) is 43.7 Å². The highest BCUT2D eigenvalue weighted by Gasteiger charge is 2.16. The second-order valence-corrected chi connectivity index (χ2v) is 6.06. The number of halogens is 1. The molecule has 0 aliphatic carbocycles. The first-order valence-electron chi connectivity index (χ1n) is 7.38. The lowest BCUT2D eigenvalue weighted by Gasteiger charge is -2.10. The molecule has 0 radical (unpaired) electrons. The number of carbonyl (C=O) groups is 1. The molecule has 0 atom stereocenters. The van der Waals surface area contributed by atoms with Crippen molar-refractivity contribution in [3.63, 3.8) is 0 Å². The quantitative estimate of drug-likeness (QED) is 0.782. The van der Waals surface area contributed by atoms with Gasteiger partial charge in [0.15, 0.2) is 5.65 Å². The third-order valence-corrected chi connectivity index (χ3v) is 3.95. The number of aryl methyl sites for hydroxylation is 1. The molecule has 0 spiro atoms. The Morgan fingerprint density at radius 1 is 1.30 bits per heavy atom. The van der Waals surface area contributed by atoms with Gasteiger partial charge < -0.3 is 5.32 Å². The third-order valence-electron chi connectivity index (χ3n) is 3.62. The lowest BCUT2D eigenvalue weighted by molar-refractivity contribution is 0.102. The Morgan fingerprint density at radius 2 is 2.04 bits per heavy atom. The normalized spacial score (nSPS) is 11.2. The minimum atomic E-state index is -0.234. The largest absolute Gasteiger partial charge is 0.321 e. The summed E-state index contributed by atoms with van der Waals surface area (Å²) in [6.07, 6.45) is 1.73. The van der Waals surface area contributed by atoms with E-state index in [2.05, 4.69) is 15.4 Å². The zero-order chi connectivity index (χ0) is 16.6. The Hall–Kier alpha value is -2.40. The van der Waals surface area contributed by atoms with Crippen molar-refractivity contribution in [3.05, 3.63) is 52.8 Å². The van der Waals surface area contributed by atoms with Crippen LogP contribution in [0.3, 0.4) is 0 Å². The van der Waals surface area contributed by atoms with Crippen molar-refractivity contribution in [1.29, 1.82) is 0 Å². The van der Waals surface area contributed by atoms with Gasteiger partial charge in [-0.25, -0.2) is 9.67 Å². The van der Waals surface area contributed by atoms with E-state index >= 15 is 0 Å². The van der Waals surface area contributed by atoms with Gasteiger partial charge in [0, 0.05) is 11.4 Å². The number of fused-ring (bicyclic) bond motifs is 1. The minimum absolute atomic E-state index is 0.210. The molecule has 0 fully saturated rings. The summed E-state index contributed by atoms with van der Waals surface area (Å²) in [4.78, 5) is 17.1. The Balaban J connectivity index is 1.98. The zero-order valence-electron chi connectivity index (χ0n) is 13.2. The van der Waals surface area contributed by atoms with E-state index in [1.54, 1.807) is 18.3 Å². The van der Waals surface area contributed by atoms with Crippen LogP contribution < -0.4 is 5.32 Å². The number of benzene rings is 1. The van der Waals surface area contributed by atoms with Crippen LogP contribution in [0.15, 0.2) is 36.5 Å². The van der Waals surface area contributed by atoms with Crippen LogP contribution in [-0.2, 0) is 0 Å². The lowest BCUT2D eigenvalue weighted by Crippen LogP contribution is -2.15. The molecule has 3 rings (SSSR count). The number of nitrogens with one attached hydrogen (secondary N) is 1. The van der Waals surface area contributed by atoms with Gasteiger partial charge in [0.1, 0.15) is 0 Å². The average molecular weight is 329 g/mol. The summed E-state index contributed by atoms with van der Waals surface area (Å²) in [6.45, 7) is 5.90. The third kappa shape index (κ3) is 2.92. The summed E-state index contributed by atoms with van der Waals surface area (Å²) in [6, 6.07) is 9.16. The SMILES string of the molecule is Cc1nc2c(cnn2C(C)C)cc1C(=O)Nc1ccccc1Cl. The Kier molecular flexibility index (Phi) is 4.05. The Bertz CT molecular complexity index is 885. The fourth-order valence-electron chi connectivity index (χ4n) is 2.43. The number of pyridine rings is 1. The number of hydrogen-bond donors (Lipinski definition) is 1.